The van der Waals surface area contributed by atoms with Gasteiger partial charge in [-0.1, -0.05) is 11.6 Å². The molecule has 0 radical (unpaired) electrons. The van der Waals surface area contributed by atoms with Gasteiger partial charge in [0.2, 0.25) is 0 Å². The molecule has 0 unspecified atom stereocenters. The summed E-state index contributed by atoms with van der Waals surface area (Å²) in [6.45, 7) is 0. The molecule has 2 heterocycles. The maximum absolute atomic E-state index is 10.4. The summed E-state index contributed by atoms with van der Waals surface area (Å²) in [7, 11) is 0. The van der Waals surface area contributed by atoms with E-state index < -0.39 is 0 Å². The van der Waals surface area contributed by atoms with Gasteiger partial charge < -0.3 is 0 Å². The van der Waals surface area contributed by atoms with E-state index in [2.05, 4.69) is 5.10 Å². The molecule has 0 aliphatic heterocycles. The van der Waals surface area contributed by atoms with Crippen LogP contribution in [-0.4, -0.2) is 16.1 Å². The number of thiophene rings is 1. The first-order valence-electron chi connectivity index (χ1n) is 3.55. The Hall–Kier alpha value is -1.13. The number of halogens is 1. The van der Waals surface area contributed by atoms with Gasteiger partial charge in [-0.2, -0.15) is 5.10 Å². The Morgan fingerprint density at radius 2 is 2.38 bits per heavy atom. The van der Waals surface area contributed by atoms with Crippen LogP contribution >= 0.6 is 22.9 Å². The summed E-state index contributed by atoms with van der Waals surface area (Å²) < 4.78 is 1.64. The molecule has 0 bridgehead atoms. The Labute approximate surface area is 83.6 Å². The molecule has 5 heteroatoms. The number of rotatable bonds is 2. The predicted octanol–water partition coefficient (Wildman–Crippen LogP) is 2.40. The second-order valence-electron chi connectivity index (χ2n) is 2.40. The van der Waals surface area contributed by atoms with Crippen LogP contribution in [0.15, 0.2) is 24.5 Å². The zero-order chi connectivity index (χ0) is 9.26. The summed E-state index contributed by atoms with van der Waals surface area (Å²) in [6, 6.07) is 3.58. The third-order valence-electron chi connectivity index (χ3n) is 1.51. The summed E-state index contributed by atoms with van der Waals surface area (Å²) in [5.41, 5.74) is 0. The molecule has 0 saturated heterocycles. The van der Waals surface area contributed by atoms with Crippen molar-refractivity contribution >= 4 is 29.2 Å². The van der Waals surface area contributed by atoms with Crippen molar-refractivity contribution in [1.82, 2.24) is 9.78 Å². The van der Waals surface area contributed by atoms with Crippen molar-refractivity contribution in [3.8, 4) is 5.00 Å². The van der Waals surface area contributed by atoms with Crippen molar-refractivity contribution in [2.45, 2.75) is 0 Å². The molecule has 0 amide bonds. The maximum atomic E-state index is 10.4. The minimum absolute atomic E-state index is 0.584. The van der Waals surface area contributed by atoms with Crippen LogP contribution in [0.5, 0.6) is 0 Å². The van der Waals surface area contributed by atoms with Gasteiger partial charge in [0.25, 0.3) is 0 Å². The average Bonchev–Trinajstić information content (AvgIpc) is 2.71. The second kappa shape index (κ2) is 3.32. The Morgan fingerprint density at radius 3 is 2.92 bits per heavy atom. The first-order chi connectivity index (χ1) is 6.29. The number of aromatic nitrogens is 2. The smallest absolute Gasteiger partial charge is 0.160 e. The van der Waals surface area contributed by atoms with Crippen LogP contribution in [0.1, 0.15) is 9.67 Å². The number of carbonyl (C=O) groups is 1. The molecule has 2 aromatic heterocycles. The summed E-state index contributed by atoms with van der Waals surface area (Å²) in [5.74, 6) is 0. The second-order valence-corrected chi connectivity index (χ2v) is 3.93. The van der Waals surface area contributed by atoms with Gasteiger partial charge in [0, 0.05) is 0 Å². The van der Waals surface area contributed by atoms with E-state index >= 15 is 0 Å². The van der Waals surface area contributed by atoms with E-state index in [4.69, 9.17) is 11.6 Å². The van der Waals surface area contributed by atoms with Gasteiger partial charge >= 0.3 is 0 Å². The molecule has 66 valence electrons. The van der Waals surface area contributed by atoms with E-state index in [1.54, 1.807) is 23.1 Å². The van der Waals surface area contributed by atoms with Gasteiger partial charge in [0.05, 0.1) is 22.3 Å². The molecule has 2 aromatic rings. The normalized spacial score (nSPS) is 10.2. The van der Waals surface area contributed by atoms with Crippen LogP contribution in [-0.2, 0) is 0 Å². The van der Waals surface area contributed by atoms with Gasteiger partial charge in [-0.25, -0.2) is 4.68 Å². The van der Waals surface area contributed by atoms with E-state index in [0.29, 0.717) is 9.90 Å². The minimum Gasteiger partial charge on any atom is -0.297 e. The van der Waals surface area contributed by atoms with E-state index in [1.807, 2.05) is 6.07 Å². The fraction of sp³-hybridized carbons (Fsp3) is 0. The lowest BCUT2D eigenvalue weighted by atomic mass is 10.5. The predicted molar refractivity (Wildman–Crippen MR) is 51.8 cm³/mol. The van der Waals surface area contributed by atoms with Gasteiger partial charge in [-0.15, -0.1) is 11.3 Å². The minimum atomic E-state index is 0.584. The Morgan fingerprint density at radius 1 is 1.54 bits per heavy atom. The number of nitrogens with zero attached hydrogens (tertiary/aromatic N) is 2. The highest BCUT2D eigenvalue weighted by Crippen LogP contribution is 2.19. The fourth-order valence-electron chi connectivity index (χ4n) is 0.950. The third-order valence-corrected chi connectivity index (χ3v) is 2.70. The van der Waals surface area contributed by atoms with E-state index in [0.717, 1.165) is 11.3 Å². The highest BCUT2D eigenvalue weighted by atomic mass is 35.5. The van der Waals surface area contributed by atoms with Crippen molar-refractivity contribution in [2.75, 3.05) is 0 Å². The Bertz CT molecular complexity index is 435. The highest BCUT2D eigenvalue weighted by Gasteiger charge is 2.02. The first kappa shape index (κ1) is 8.47. The van der Waals surface area contributed by atoms with Crippen LogP contribution in [0.3, 0.4) is 0 Å². The fourth-order valence-corrected chi connectivity index (χ4v) is 1.84. The van der Waals surface area contributed by atoms with E-state index in [1.165, 1.54) is 11.3 Å². The summed E-state index contributed by atoms with van der Waals surface area (Å²) in [4.78, 5) is 11.1. The molecule has 2 rings (SSSR count). The lowest BCUT2D eigenvalue weighted by Gasteiger charge is -1.92. The maximum Gasteiger partial charge on any atom is 0.160 e. The van der Waals surface area contributed by atoms with Crippen molar-refractivity contribution in [1.29, 1.82) is 0 Å². The number of hydrogen-bond acceptors (Lipinski definition) is 3. The summed E-state index contributed by atoms with van der Waals surface area (Å²) in [5, 5.41) is 5.48. The van der Waals surface area contributed by atoms with Crippen molar-refractivity contribution in [2.24, 2.45) is 0 Å². The Balaban J connectivity index is 2.40. The molecule has 0 aliphatic rings. The summed E-state index contributed by atoms with van der Waals surface area (Å²) >= 11 is 7.08. The lowest BCUT2D eigenvalue weighted by Crippen LogP contribution is -1.88. The Kier molecular flexibility index (Phi) is 2.16. The third kappa shape index (κ3) is 1.64. The highest BCUT2D eigenvalue weighted by molar-refractivity contribution is 7.16. The van der Waals surface area contributed by atoms with Crippen molar-refractivity contribution < 1.29 is 4.79 Å². The molecule has 0 fully saturated rings. The van der Waals surface area contributed by atoms with Crippen LogP contribution in [0.4, 0.5) is 0 Å². The van der Waals surface area contributed by atoms with Crippen molar-refractivity contribution in [3.05, 3.63) is 34.4 Å². The zero-order valence-corrected chi connectivity index (χ0v) is 8.05. The SMILES string of the molecule is O=Cc1ccc(-n2cc(Cl)cn2)s1. The molecular weight excluding hydrogens is 208 g/mol. The number of hydrogen-bond donors (Lipinski definition) is 0. The molecule has 0 spiro atoms. The van der Waals surface area contributed by atoms with Crippen LogP contribution in [0.25, 0.3) is 5.00 Å². The molecule has 0 aromatic carbocycles. The van der Waals surface area contributed by atoms with Gasteiger partial charge in [0.1, 0.15) is 5.00 Å². The van der Waals surface area contributed by atoms with Crippen molar-refractivity contribution in [3.63, 3.8) is 0 Å². The topological polar surface area (TPSA) is 34.9 Å². The van der Waals surface area contributed by atoms with Crippen LogP contribution in [0, 0.1) is 0 Å². The van der Waals surface area contributed by atoms with E-state index in [9.17, 15) is 4.79 Å². The zero-order valence-electron chi connectivity index (χ0n) is 6.48. The molecule has 0 saturated carbocycles. The quantitative estimate of drug-likeness (QED) is 0.717. The monoisotopic (exact) mass is 212 g/mol. The molecule has 13 heavy (non-hydrogen) atoms. The van der Waals surface area contributed by atoms with Crippen LogP contribution in [0.2, 0.25) is 5.02 Å². The lowest BCUT2D eigenvalue weighted by molar-refractivity contribution is 0.112. The molecule has 3 nitrogen and oxygen atoms in total. The largest absolute Gasteiger partial charge is 0.297 e. The van der Waals surface area contributed by atoms with Gasteiger partial charge in [-0.05, 0) is 12.1 Å². The number of aldehydes is 1. The first-order valence-corrected chi connectivity index (χ1v) is 4.74. The molecule has 0 N–H and O–H groups in total. The van der Waals surface area contributed by atoms with Crippen LogP contribution < -0.4 is 0 Å². The molecule has 0 aliphatic carbocycles. The summed E-state index contributed by atoms with van der Waals surface area (Å²) in [6.07, 6.45) is 4.07. The molecular formula is C8H5ClN2OS. The number of carbonyl (C=O) groups excluding carboxylic acids is 1. The molecule has 0 atom stereocenters. The standard InChI is InChI=1S/C8H5ClN2OS/c9-6-3-10-11(4-6)8-2-1-7(5-12)13-8/h1-5H. The van der Waals surface area contributed by atoms with Gasteiger partial charge in [0.15, 0.2) is 6.29 Å². The average molecular weight is 213 g/mol. The van der Waals surface area contributed by atoms with Gasteiger partial charge in [-0.3, -0.25) is 4.79 Å². The van der Waals surface area contributed by atoms with E-state index in [-0.39, 0.29) is 0 Å².